The van der Waals surface area contributed by atoms with Gasteiger partial charge in [-0.25, -0.2) is 0 Å². The first-order valence-electron chi connectivity index (χ1n) is 11.3. The van der Waals surface area contributed by atoms with Crippen LogP contribution in [0.25, 0.3) is 0 Å². The van der Waals surface area contributed by atoms with Crippen LogP contribution in [0.2, 0.25) is 0 Å². The predicted octanol–water partition coefficient (Wildman–Crippen LogP) is 6.30. The summed E-state index contributed by atoms with van der Waals surface area (Å²) in [6.07, 6.45) is 23.1. The summed E-state index contributed by atoms with van der Waals surface area (Å²) in [5.41, 5.74) is 1.60. The number of hydrogen-bond acceptors (Lipinski definition) is 2. The number of ether oxygens (including phenoxy) is 1. The average Bonchev–Trinajstić information content (AvgIpc) is 3.06. The molecule has 0 aromatic carbocycles. The van der Waals surface area contributed by atoms with Crippen molar-refractivity contribution in [1.82, 2.24) is 5.32 Å². The van der Waals surface area contributed by atoms with Gasteiger partial charge in [-0.05, 0) is 75.5 Å². The first-order chi connectivity index (χ1) is 12.8. The molecule has 26 heavy (non-hydrogen) atoms. The monoisotopic (exact) mass is 469 g/mol. The maximum Gasteiger partial charge on any atom is 0.102 e. The van der Waals surface area contributed by atoms with Crippen LogP contribution in [-0.4, -0.2) is 22.6 Å². The first-order valence-corrected chi connectivity index (χ1v) is 12.5. The van der Waals surface area contributed by atoms with E-state index in [1.807, 2.05) is 0 Å². The molecule has 2 saturated carbocycles. The second-order valence-corrected chi connectivity index (χ2v) is 10.7. The fourth-order valence-corrected chi connectivity index (χ4v) is 6.14. The molecule has 0 aromatic heterocycles. The minimum atomic E-state index is 0.463. The molecule has 0 bridgehead atoms. The van der Waals surface area contributed by atoms with Gasteiger partial charge in [-0.1, -0.05) is 60.8 Å². The molecule has 2 nitrogen and oxygen atoms in total. The Morgan fingerprint density at radius 2 is 1.58 bits per heavy atom. The number of halogens is 1. The highest BCUT2D eigenvalue weighted by molar-refractivity contribution is 14.1. The topological polar surface area (TPSA) is 21.3 Å². The molecule has 2 atom stereocenters. The van der Waals surface area contributed by atoms with Gasteiger partial charge < -0.3 is 10.1 Å². The second-order valence-electron chi connectivity index (χ2n) is 8.98. The molecular weight excluding hydrogens is 433 g/mol. The Labute approximate surface area is 173 Å². The zero-order chi connectivity index (χ0) is 17.8. The van der Waals surface area contributed by atoms with Crippen molar-refractivity contribution in [2.24, 2.45) is 11.8 Å². The zero-order valence-corrected chi connectivity index (χ0v) is 18.4. The van der Waals surface area contributed by atoms with E-state index in [1.54, 1.807) is 5.57 Å². The molecule has 0 spiro atoms. The van der Waals surface area contributed by atoms with E-state index in [4.69, 9.17) is 4.74 Å². The molecule has 1 N–H and O–H groups in total. The van der Waals surface area contributed by atoms with Gasteiger partial charge in [-0.3, -0.25) is 0 Å². The van der Waals surface area contributed by atoms with Crippen LogP contribution in [0.5, 0.6) is 0 Å². The van der Waals surface area contributed by atoms with E-state index in [-0.39, 0.29) is 0 Å². The third kappa shape index (κ3) is 4.87. The molecule has 3 aliphatic carbocycles. The van der Waals surface area contributed by atoms with Crippen molar-refractivity contribution in [2.45, 2.75) is 99.5 Å². The normalized spacial score (nSPS) is 37.0. The number of fused-ring (bicyclic) bond motifs is 1. The van der Waals surface area contributed by atoms with Gasteiger partial charge in [-0.2, -0.15) is 0 Å². The molecule has 1 aliphatic heterocycles. The summed E-state index contributed by atoms with van der Waals surface area (Å²) in [6.45, 7) is 1.17. The summed E-state index contributed by atoms with van der Waals surface area (Å²) < 4.78 is 7.60. The van der Waals surface area contributed by atoms with Crippen molar-refractivity contribution in [3.05, 3.63) is 23.5 Å². The first kappa shape index (κ1) is 19.3. The Kier molecular flexibility index (Phi) is 7.01. The van der Waals surface area contributed by atoms with Crippen LogP contribution in [0.4, 0.5) is 0 Å². The lowest BCUT2D eigenvalue weighted by Crippen LogP contribution is -2.38. The Bertz CT molecular complexity index is 512. The highest BCUT2D eigenvalue weighted by Gasteiger charge is 2.33. The number of nitrogens with one attached hydrogen (secondary N) is 1. The standard InChI is InChI=1S/C23H36INO/c24-19-10-12-20(13-11-19)26-23-16-18(17-7-3-1-2-4-8-17)15-22-21(23)9-5-6-14-25-22/h15-17,19-22,25H,1-14H2/t19-,20+,21?,22?. The molecule has 0 aromatic rings. The highest BCUT2D eigenvalue weighted by atomic mass is 127. The Balaban J connectivity index is 1.52. The number of rotatable bonds is 3. The second kappa shape index (κ2) is 9.45. The number of hydrogen-bond donors (Lipinski definition) is 1. The fourth-order valence-electron chi connectivity index (χ4n) is 5.42. The fraction of sp³-hybridized carbons (Fsp3) is 0.826. The summed E-state index contributed by atoms with van der Waals surface area (Å²) in [4.78, 5) is 0. The summed E-state index contributed by atoms with van der Waals surface area (Å²) in [5.74, 6) is 2.68. The number of alkyl halides is 1. The van der Waals surface area contributed by atoms with Gasteiger partial charge in [0.25, 0.3) is 0 Å². The van der Waals surface area contributed by atoms with Crippen LogP contribution >= 0.6 is 22.6 Å². The van der Waals surface area contributed by atoms with E-state index in [2.05, 4.69) is 40.1 Å². The molecule has 3 heteroatoms. The highest BCUT2D eigenvalue weighted by Crippen LogP contribution is 2.39. The van der Waals surface area contributed by atoms with E-state index in [0.717, 1.165) is 9.84 Å². The molecule has 0 radical (unpaired) electrons. The SMILES string of the molecule is I[C@H]1CC[C@@H](OC2=CC(C3CCCCCC3)=CC3NCCCCC23)CC1. The third-order valence-electron chi connectivity index (χ3n) is 7.03. The predicted molar refractivity (Wildman–Crippen MR) is 118 cm³/mol. The summed E-state index contributed by atoms with van der Waals surface area (Å²) in [6, 6.07) is 0.511. The molecule has 0 amide bonds. The summed E-state index contributed by atoms with van der Waals surface area (Å²) >= 11 is 2.62. The quantitative estimate of drug-likeness (QED) is 0.298. The van der Waals surface area contributed by atoms with Gasteiger partial charge in [0, 0.05) is 15.9 Å². The van der Waals surface area contributed by atoms with Gasteiger partial charge in [0.2, 0.25) is 0 Å². The van der Waals surface area contributed by atoms with Gasteiger partial charge in [0.15, 0.2) is 0 Å². The summed E-state index contributed by atoms with van der Waals surface area (Å²) in [5, 5.41) is 3.84. The Hall–Kier alpha value is -0.0300. The molecule has 1 heterocycles. The molecule has 3 fully saturated rings. The van der Waals surface area contributed by atoms with E-state index in [1.165, 1.54) is 95.8 Å². The van der Waals surface area contributed by atoms with Crippen LogP contribution in [0.3, 0.4) is 0 Å². The average molecular weight is 469 g/mol. The lowest BCUT2D eigenvalue weighted by Gasteiger charge is -2.35. The van der Waals surface area contributed by atoms with Crippen LogP contribution in [0.1, 0.15) is 83.5 Å². The maximum atomic E-state index is 6.73. The van der Waals surface area contributed by atoms with Crippen molar-refractivity contribution in [3.8, 4) is 0 Å². The van der Waals surface area contributed by atoms with E-state index >= 15 is 0 Å². The van der Waals surface area contributed by atoms with Gasteiger partial charge >= 0.3 is 0 Å². The maximum absolute atomic E-state index is 6.73. The molecular formula is C23H36INO. The Morgan fingerprint density at radius 3 is 2.35 bits per heavy atom. The minimum Gasteiger partial charge on any atom is -0.494 e. The van der Waals surface area contributed by atoms with Crippen LogP contribution < -0.4 is 5.32 Å². The van der Waals surface area contributed by atoms with Gasteiger partial charge in [-0.15, -0.1) is 0 Å². The Morgan fingerprint density at radius 1 is 0.846 bits per heavy atom. The van der Waals surface area contributed by atoms with Crippen molar-refractivity contribution in [2.75, 3.05) is 6.54 Å². The van der Waals surface area contributed by atoms with Crippen LogP contribution in [0, 0.1) is 11.8 Å². The van der Waals surface area contributed by atoms with E-state index in [9.17, 15) is 0 Å². The lowest BCUT2D eigenvalue weighted by atomic mass is 9.81. The van der Waals surface area contributed by atoms with Crippen LogP contribution in [-0.2, 0) is 4.74 Å². The van der Waals surface area contributed by atoms with Crippen molar-refractivity contribution in [1.29, 1.82) is 0 Å². The molecule has 1 saturated heterocycles. The molecule has 2 unspecified atom stereocenters. The smallest absolute Gasteiger partial charge is 0.102 e. The van der Waals surface area contributed by atoms with Gasteiger partial charge in [0.1, 0.15) is 5.76 Å². The van der Waals surface area contributed by atoms with Crippen LogP contribution in [0.15, 0.2) is 23.5 Å². The van der Waals surface area contributed by atoms with Crippen molar-refractivity contribution >= 4 is 22.6 Å². The van der Waals surface area contributed by atoms with Gasteiger partial charge in [0.05, 0.1) is 6.10 Å². The van der Waals surface area contributed by atoms with Crippen molar-refractivity contribution < 1.29 is 4.74 Å². The van der Waals surface area contributed by atoms with Crippen molar-refractivity contribution in [3.63, 3.8) is 0 Å². The lowest BCUT2D eigenvalue weighted by molar-refractivity contribution is 0.0598. The molecule has 4 rings (SSSR count). The summed E-state index contributed by atoms with van der Waals surface area (Å²) in [7, 11) is 0. The van der Waals surface area contributed by atoms with E-state index in [0.29, 0.717) is 18.1 Å². The third-order valence-corrected chi connectivity index (χ3v) is 8.28. The minimum absolute atomic E-state index is 0.463. The molecule has 4 aliphatic rings. The largest absolute Gasteiger partial charge is 0.494 e. The van der Waals surface area contributed by atoms with E-state index < -0.39 is 0 Å². The zero-order valence-electron chi connectivity index (χ0n) is 16.2. The number of allylic oxidation sites excluding steroid dienone is 2. The molecule has 146 valence electrons.